The molecular weight excluding hydrogens is 397 g/mol. The van der Waals surface area contributed by atoms with E-state index in [9.17, 15) is 9.18 Å². The normalized spacial score (nSPS) is 20.4. The average molecular weight is 426 g/mol. The number of fused-ring (bicyclic) bond motifs is 1. The lowest BCUT2D eigenvalue weighted by atomic mass is 9.77. The third-order valence-electron chi connectivity index (χ3n) is 6.18. The molecule has 1 aliphatic carbocycles. The number of hydrogen-bond donors (Lipinski definition) is 0. The van der Waals surface area contributed by atoms with Crippen molar-refractivity contribution < 1.29 is 9.18 Å². The van der Waals surface area contributed by atoms with Crippen LogP contribution < -0.4 is 0 Å². The summed E-state index contributed by atoms with van der Waals surface area (Å²) in [5, 5.41) is 12.3. The highest BCUT2D eigenvalue weighted by molar-refractivity contribution is 7.14. The van der Waals surface area contributed by atoms with Crippen molar-refractivity contribution >= 4 is 27.9 Å². The molecule has 1 unspecified atom stereocenters. The molecule has 0 bridgehead atoms. The average Bonchev–Trinajstić information content (AvgIpc) is 3.18. The van der Waals surface area contributed by atoms with Gasteiger partial charge in [0.05, 0.1) is 6.17 Å². The number of carbonyl (C=O) groups excluding carboxylic acids is 1. The summed E-state index contributed by atoms with van der Waals surface area (Å²) in [5.41, 5.74) is 1.86. The third kappa shape index (κ3) is 5.09. The number of carbonyl (C=O) groups is 1. The van der Waals surface area contributed by atoms with Crippen LogP contribution in [-0.4, -0.2) is 27.1 Å². The van der Waals surface area contributed by atoms with Gasteiger partial charge in [0.25, 0.3) is 0 Å². The second kappa shape index (κ2) is 9.29. The molecule has 1 aliphatic rings. The smallest absolute Gasteiger partial charge is 0.147 e. The molecule has 1 fully saturated rings. The fourth-order valence-corrected chi connectivity index (χ4v) is 5.08. The van der Waals surface area contributed by atoms with Crippen molar-refractivity contribution in [2.24, 2.45) is 11.8 Å². The van der Waals surface area contributed by atoms with E-state index in [1.54, 1.807) is 18.3 Å². The second-order valence-corrected chi connectivity index (χ2v) is 9.76. The van der Waals surface area contributed by atoms with E-state index < -0.39 is 6.17 Å². The Bertz CT molecular complexity index is 1020. The Balaban J connectivity index is 1.40. The van der Waals surface area contributed by atoms with Gasteiger partial charge in [-0.15, -0.1) is 10.2 Å². The van der Waals surface area contributed by atoms with Crippen LogP contribution in [0.25, 0.3) is 21.3 Å². The van der Waals surface area contributed by atoms with Gasteiger partial charge >= 0.3 is 0 Å². The van der Waals surface area contributed by atoms with Crippen molar-refractivity contribution in [1.82, 2.24) is 15.2 Å². The Morgan fingerprint density at radius 1 is 1.17 bits per heavy atom. The second-order valence-electron chi connectivity index (χ2n) is 8.58. The third-order valence-corrected chi connectivity index (χ3v) is 7.07. The van der Waals surface area contributed by atoms with E-state index in [2.05, 4.69) is 21.2 Å². The van der Waals surface area contributed by atoms with Crippen molar-refractivity contribution in [3.63, 3.8) is 0 Å². The fraction of sp³-hybridized carbons (Fsp3) is 0.500. The minimum Gasteiger partial charge on any atom is -0.299 e. The maximum atomic E-state index is 13.1. The molecule has 1 atom stereocenters. The summed E-state index contributed by atoms with van der Waals surface area (Å²) in [6.45, 7) is 3.58. The molecule has 158 valence electrons. The zero-order valence-electron chi connectivity index (χ0n) is 17.6. The first-order valence-corrected chi connectivity index (χ1v) is 11.7. The quantitative estimate of drug-likeness (QED) is 0.458. The van der Waals surface area contributed by atoms with E-state index in [1.165, 1.54) is 0 Å². The molecule has 1 aromatic carbocycles. The van der Waals surface area contributed by atoms with Gasteiger partial charge in [-0.25, -0.2) is 4.39 Å². The monoisotopic (exact) mass is 425 g/mol. The van der Waals surface area contributed by atoms with Crippen LogP contribution >= 0.6 is 11.3 Å². The maximum absolute atomic E-state index is 13.1. The molecular formula is C24H28FN3OS. The number of aromatic nitrogens is 3. The molecule has 2 aromatic heterocycles. The van der Waals surface area contributed by atoms with Crippen LogP contribution in [0.5, 0.6) is 0 Å². The van der Waals surface area contributed by atoms with Gasteiger partial charge in [0.15, 0.2) is 0 Å². The Labute approximate surface area is 181 Å². The van der Waals surface area contributed by atoms with Gasteiger partial charge in [0.2, 0.25) is 0 Å². The summed E-state index contributed by atoms with van der Waals surface area (Å²) in [4.78, 5) is 17.4. The van der Waals surface area contributed by atoms with E-state index in [0.29, 0.717) is 18.8 Å². The van der Waals surface area contributed by atoms with Crippen molar-refractivity contribution in [2.75, 3.05) is 0 Å². The van der Waals surface area contributed by atoms with Crippen LogP contribution in [0.4, 0.5) is 4.39 Å². The number of hydrogen-bond acceptors (Lipinski definition) is 5. The summed E-state index contributed by atoms with van der Waals surface area (Å²) < 4.78 is 13.1. The zero-order chi connectivity index (χ0) is 21.1. The van der Waals surface area contributed by atoms with Crippen molar-refractivity contribution in [3.8, 4) is 10.6 Å². The molecule has 4 nitrogen and oxygen atoms in total. The lowest BCUT2D eigenvalue weighted by Gasteiger charge is -2.27. The van der Waals surface area contributed by atoms with Gasteiger partial charge in [-0.1, -0.05) is 23.5 Å². The Hall–Kier alpha value is -2.21. The number of Topliss-reactive ketones (excluding diaryl/α,β-unsaturated/α-hetero) is 1. The van der Waals surface area contributed by atoms with Crippen LogP contribution in [0, 0.1) is 18.8 Å². The minimum atomic E-state index is -0.722. The molecule has 1 saturated carbocycles. The first-order chi connectivity index (χ1) is 14.5. The summed E-state index contributed by atoms with van der Waals surface area (Å²) in [6.07, 6.45) is 7.04. The van der Waals surface area contributed by atoms with Gasteiger partial charge in [-0.3, -0.25) is 9.78 Å². The fourth-order valence-electron chi connectivity index (χ4n) is 4.39. The number of benzene rings is 1. The molecule has 0 spiro atoms. The van der Waals surface area contributed by atoms with E-state index in [-0.39, 0.29) is 11.7 Å². The zero-order valence-corrected chi connectivity index (χ0v) is 18.4. The SMILES string of the molecule is Cc1nnc(-c2ccc3cnc(CC(=O)C4CCC(CCC(C)F)CC4)cc3c2)s1. The molecule has 0 N–H and O–H groups in total. The largest absolute Gasteiger partial charge is 0.299 e. The maximum Gasteiger partial charge on any atom is 0.147 e. The molecule has 0 saturated heterocycles. The molecule has 2 heterocycles. The van der Waals surface area contributed by atoms with Gasteiger partial charge < -0.3 is 0 Å². The number of pyridine rings is 1. The van der Waals surface area contributed by atoms with Gasteiger partial charge in [0.1, 0.15) is 15.8 Å². The summed E-state index contributed by atoms with van der Waals surface area (Å²) in [6, 6.07) is 8.21. The summed E-state index contributed by atoms with van der Waals surface area (Å²) in [5.74, 6) is 0.987. The van der Waals surface area contributed by atoms with E-state index in [1.807, 2.05) is 31.3 Å². The lowest BCUT2D eigenvalue weighted by Crippen LogP contribution is -2.23. The van der Waals surface area contributed by atoms with E-state index in [4.69, 9.17) is 0 Å². The van der Waals surface area contributed by atoms with Crippen LogP contribution in [0.3, 0.4) is 0 Å². The Morgan fingerprint density at radius 2 is 1.97 bits per heavy atom. The summed E-state index contributed by atoms with van der Waals surface area (Å²) in [7, 11) is 0. The molecule has 6 heteroatoms. The highest BCUT2D eigenvalue weighted by Crippen LogP contribution is 2.33. The molecule has 30 heavy (non-hydrogen) atoms. The van der Waals surface area contributed by atoms with Gasteiger partial charge in [0, 0.05) is 35.2 Å². The topological polar surface area (TPSA) is 55.7 Å². The molecule has 3 aromatic rings. The molecule has 0 amide bonds. The van der Waals surface area contributed by atoms with Crippen molar-refractivity contribution in [3.05, 3.63) is 41.2 Å². The Kier molecular flexibility index (Phi) is 6.52. The summed E-state index contributed by atoms with van der Waals surface area (Å²) >= 11 is 1.58. The van der Waals surface area contributed by atoms with Crippen LogP contribution in [-0.2, 0) is 11.2 Å². The van der Waals surface area contributed by atoms with E-state index in [0.717, 1.165) is 64.1 Å². The van der Waals surface area contributed by atoms with Crippen LogP contribution in [0.15, 0.2) is 30.5 Å². The predicted molar refractivity (Wildman–Crippen MR) is 119 cm³/mol. The number of halogens is 1. The molecule has 0 aliphatic heterocycles. The molecule has 4 rings (SSSR count). The van der Waals surface area contributed by atoms with Crippen LogP contribution in [0.1, 0.15) is 56.2 Å². The van der Waals surface area contributed by atoms with Gasteiger partial charge in [-0.2, -0.15) is 0 Å². The lowest BCUT2D eigenvalue weighted by molar-refractivity contribution is -0.123. The number of nitrogens with zero attached hydrogens (tertiary/aromatic N) is 3. The number of alkyl halides is 1. The minimum absolute atomic E-state index is 0.122. The standard InChI is InChI=1S/C24H28FN3OS/c1-15(25)3-4-17-5-7-18(8-6-17)23(29)13-22-12-21-11-19(9-10-20(21)14-26-22)24-28-27-16(2)30-24/h9-12,14-15,17-18H,3-8,13H2,1-2H3. The number of rotatable bonds is 7. The van der Waals surface area contributed by atoms with Crippen molar-refractivity contribution in [2.45, 2.75) is 65.0 Å². The number of aryl methyl sites for hydroxylation is 1. The highest BCUT2D eigenvalue weighted by atomic mass is 32.1. The number of ketones is 1. The van der Waals surface area contributed by atoms with Crippen LogP contribution in [0.2, 0.25) is 0 Å². The van der Waals surface area contributed by atoms with Crippen molar-refractivity contribution in [1.29, 1.82) is 0 Å². The van der Waals surface area contributed by atoms with E-state index >= 15 is 0 Å². The first kappa shape index (κ1) is 21.0. The molecule has 0 radical (unpaired) electrons. The highest BCUT2D eigenvalue weighted by Gasteiger charge is 2.26. The predicted octanol–water partition coefficient (Wildman–Crippen LogP) is 6.12. The Morgan fingerprint density at radius 3 is 2.67 bits per heavy atom. The first-order valence-electron chi connectivity index (χ1n) is 10.8. The van der Waals surface area contributed by atoms with Gasteiger partial charge in [-0.05, 0) is 75.8 Å².